The highest BCUT2D eigenvalue weighted by atomic mass is 16.2. The van der Waals surface area contributed by atoms with Gasteiger partial charge in [-0.3, -0.25) is 9.78 Å². The minimum Gasteiger partial charge on any atom is -0.380 e. The Morgan fingerprint density at radius 2 is 1.86 bits per heavy atom. The molecule has 0 aliphatic rings. The van der Waals surface area contributed by atoms with Crippen molar-refractivity contribution in [2.75, 3.05) is 18.4 Å². The van der Waals surface area contributed by atoms with E-state index >= 15 is 0 Å². The van der Waals surface area contributed by atoms with Crippen LogP contribution in [-0.2, 0) is 6.54 Å². The van der Waals surface area contributed by atoms with E-state index in [1.807, 2.05) is 32.0 Å². The van der Waals surface area contributed by atoms with E-state index in [4.69, 9.17) is 0 Å². The first-order chi connectivity index (χ1) is 10.2. The molecule has 2 aromatic heterocycles. The van der Waals surface area contributed by atoms with Gasteiger partial charge in [0.1, 0.15) is 5.69 Å². The fourth-order valence-corrected chi connectivity index (χ4v) is 2.00. The Kier molecular flexibility index (Phi) is 5.26. The molecule has 2 aromatic rings. The number of nitrogens with one attached hydrogen (secondary N) is 1. The molecule has 0 spiro atoms. The molecular weight excluding hydrogens is 264 g/mol. The molecule has 2 rings (SSSR count). The molecular formula is C16H20N4O. The van der Waals surface area contributed by atoms with Gasteiger partial charge in [-0.2, -0.15) is 0 Å². The van der Waals surface area contributed by atoms with Crippen molar-refractivity contribution in [3.63, 3.8) is 0 Å². The lowest BCUT2D eigenvalue weighted by Crippen LogP contribution is -2.31. The van der Waals surface area contributed by atoms with Crippen molar-refractivity contribution < 1.29 is 4.79 Å². The summed E-state index contributed by atoms with van der Waals surface area (Å²) in [6.07, 6.45) is 5.22. The van der Waals surface area contributed by atoms with Crippen LogP contribution < -0.4 is 5.32 Å². The molecule has 0 saturated carbocycles. The van der Waals surface area contributed by atoms with E-state index in [0.29, 0.717) is 25.3 Å². The fraction of sp³-hybridized carbons (Fsp3) is 0.312. The number of carbonyl (C=O) groups is 1. The van der Waals surface area contributed by atoms with Gasteiger partial charge in [0.15, 0.2) is 0 Å². The second-order valence-corrected chi connectivity index (χ2v) is 4.62. The molecule has 0 aliphatic carbocycles. The first-order valence-corrected chi connectivity index (χ1v) is 7.12. The van der Waals surface area contributed by atoms with E-state index in [0.717, 1.165) is 11.3 Å². The van der Waals surface area contributed by atoms with Crippen LogP contribution in [0.3, 0.4) is 0 Å². The number of anilines is 1. The molecule has 0 aromatic carbocycles. The summed E-state index contributed by atoms with van der Waals surface area (Å²) in [5.41, 5.74) is 2.52. The smallest absolute Gasteiger partial charge is 0.272 e. The van der Waals surface area contributed by atoms with Crippen LogP contribution >= 0.6 is 0 Å². The van der Waals surface area contributed by atoms with Gasteiger partial charge in [0.25, 0.3) is 5.91 Å². The average molecular weight is 284 g/mol. The van der Waals surface area contributed by atoms with Crippen molar-refractivity contribution in [2.24, 2.45) is 0 Å². The standard InChI is InChI=1S/C16H20N4O/c1-3-20(4-2)16(21)15-6-5-14(12-19-15)18-11-13-7-9-17-10-8-13/h5-10,12,18H,3-4,11H2,1-2H3. The van der Waals surface area contributed by atoms with Gasteiger partial charge in [-0.1, -0.05) is 0 Å². The van der Waals surface area contributed by atoms with E-state index in [9.17, 15) is 4.79 Å². The molecule has 0 atom stereocenters. The summed E-state index contributed by atoms with van der Waals surface area (Å²) in [7, 11) is 0. The molecule has 5 nitrogen and oxygen atoms in total. The lowest BCUT2D eigenvalue weighted by molar-refractivity contribution is 0.0767. The quantitative estimate of drug-likeness (QED) is 0.885. The maximum Gasteiger partial charge on any atom is 0.272 e. The Morgan fingerprint density at radius 1 is 1.14 bits per heavy atom. The Hall–Kier alpha value is -2.43. The molecule has 21 heavy (non-hydrogen) atoms. The lowest BCUT2D eigenvalue weighted by atomic mass is 10.2. The summed E-state index contributed by atoms with van der Waals surface area (Å²) in [4.78, 5) is 22.1. The summed E-state index contributed by atoms with van der Waals surface area (Å²) in [6.45, 7) is 6.02. The van der Waals surface area contributed by atoms with Crippen LogP contribution in [0.25, 0.3) is 0 Å². The van der Waals surface area contributed by atoms with Gasteiger partial charge >= 0.3 is 0 Å². The highest BCUT2D eigenvalue weighted by Gasteiger charge is 2.13. The van der Waals surface area contributed by atoms with E-state index < -0.39 is 0 Å². The fourth-order valence-electron chi connectivity index (χ4n) is 2.00. The lowest BCUT2D eigenvalue weighted by Gasteiger charge is -2.18. The maximum atomic E-state index is 12.1. The number of nitrogens with zero attached hydrogens (tertiary/aromatic N) is 3. The van der Waals surface area contributed by atoms with Crippen LogP contribution in [0, 0.1) is 0 Å². The monoisotopic (exact) mass is 284 g/mol. The van der Waals surface area contributed by atoms with Crippen LogP contribution in [0.4, 0.5) is 5.69 Å². The van der Waals surface area contributed by atoms with Crippen LogP contribution in [-0.4, -0.2) is 33.9 Å². The number of pyridine rings is 2. The number of aromatic nitrogens is 2. The second-order valence-electron chi connectivity index (χ2n) is 4.62. The van der Waals surface area contributed by atoms with Crippen LogP contribution in [0.1, 0.15) is 29.9 Å². The average Bonchev–Trinajstić information content (AvgIpc) is 2.55. The van der Waals surface area contributed by atoms with Crippen molar-refractivity contribution in [1.29, 1.82) is 0 Å². The van der Waals surface area contributed by atoms with Gasteiger partial charge in [0, 0.05) is 32.0 Å². The summed E-state index contributed by atoms with van der Waals surface area (Å²) in [5.74, 6) is -0.0271. The van der Waals surface area contributed by atoms with E-state index in [2.05, 4.69) is 15.3 Å². The van der Waals surface area contributed by atoms with E-state index in [1.165, 1.54) is 0 Å². The number of carbonyl (C=O) groups excluding carboxylic acids is 1. The van der Waals surface area contributed by atoms with Gasteiger partial charge in [-0.05, 0) is 43.7 Å². The van der Waals surface area contributed by atoms with Crippen molar-refractivity contribution in [3.8, 4) is 0 Å². The van der Waals surface area contributed by atoms with Gasteiger partial charge in [-0.15, -0.1) is 0 Å². The summed E-state index contributed by atoms with van der Waals surface area (Å²) in [5, 5.41) is 3.27. The number of hydrogen-bond acceptors (Lipinski definition) is 4. The highest BCUT2D eigenvalue weighted by molar-refractivity contribution is 5.92. The third kappa shape index (κ3) is 4.02. The third-order valence-corrected chi connectivity index (χ3v) is 3.28. The highest BCUT2D eigenvalue weighted by Crippen LogP contribution is 2.10. The Bertz CT molecular complexity index is 565. The van der Waals surface area contributed by atoms with Gasteiger partial charge < -0.3 is 10.2 Å². The predicted molar refractivity (Wildman–Crippen MR) is 83.1 cm³/mol. The van der Waals surface area contributed by atoms with Gasteiger partial charge in [0.2, 0.25) is 0 Å². The van der Waals surface area contributed by atoms with Crippen LogP contribution in [0.2, 0.25) is 0 Å². The number of hydrogen-bond donors (Lipinski definition) is 1. The van der Waals surface area contributed by atoms with Crippen molar-refractivity contribution in [2.45, 2.75) is 20.4 Å². The topological polar surface area (TPSA) is 58.1 Å². The minimum absolute atomic E-state index is 0.0271. The molecule has 5 heteroatoms. The summed E-state index contributed by atoms with van der Waals surface area (Å²) < 4.78 is 0. The summed E-state index contributed by atoms with van der Waals surface area (Å²) >= 11 is 0. The summed E-state index contributed by atoms with van der Waals surface area (Å²) in [6, 6.07) is 7.55. The molecule has 0 bridgehead atoms. The molecule has 0 saturated heterocycles. The number of amides is 1. The number of rotatable bonds is 6. The normalized spacial score (nSPS) is 10.2. The third-order valence-electron chi connectivity index (χ3n) is 3.28. The van der Waals surface area contributed by atoms with Gasteiger partial charge in [-0.25, -0.2) is 4.98 Å². The Balaban J connectivity index is 1.97. The molecule has 0 aliphatic heterocycles. The molecule has 2 heterocycles. The van der Waals surface area contributed by atoms with Crippen molar-refractivity contribution in [3.05, 3.63) is 54.1 Å². The van der Waals surface area contributed by atoms with Gasteiger partial charge in [0.05, 0.1) is 11.9 Å². The van der Waals surface area contributed by atoms with E-state index in [-0.39, 0.29) is 5.91 Å². The van der Waals surface area contributed by atoms with E-state index in [1.54, 1.807) is 29.6 Å². The zero-order valence-electron chi connectivity index (χ0n) is 12.4. The van der Waals surface area contributed by atoms with Crippen LogP contribution in [0.5, 0.6) is 0 Å². The molecule has 0 radical (unpaired) electrons. The SMILES string of the molecule is CCN(CC)C(=O)c1ccc(NCc2ccncc2)cn1. The molecule has 110 valence electrons. The largest absolute Gasteiger partial charge is 0.380 e. The molecule has 1 amide bonds. The molecule has 0 fully saturated rings. The van der Waals surface area contributed by atoms with Crippen molar-refractivity contribution in [1.82, 2.24) is 14.9 Å². The molecule has 0 unspecified atom stereocenters. The maximum absolute atomic E-state index is 12.1. The predicted octanol–water partition coefficient (Wildman–Crippen LogP) is 2.57. The molecule has 1 N–H and O–H groups in total. The second kappa shape index (κ2) is 7.38. The minimum atomic E-state index is -0.0271. The zero-order chi connectivity index (χ0) is 15.1. The van der Waals surface area contributed by atoms with Crippen LogP contribution in [0.15, 0.2) is 42.9 Å². The zero-order valence-corrected chi connectivity index (χ0v) is 12.4. The Morgan fingerprint density at radius 3 is 2.43 bits per heavy atom. The first kappa shape index (κ1) is 15.0. The van der Waals surface area contributed by atoms with Crippen molar-refractivity contribution >= 4 is 11.6 Å². The first-order valence-electron chi connectivity index (χ1n) is 7.12. The Labute approximate surface area is 125 Å².